The van der Waals surface area contributed by atoms with E-state index in [2.05, 4.69) is 13.8 Å². The minimum absolute atomic E-state index is 0.0647. The molecule has 2 saturated heterocycles. The molecule has 3 aliphatic heterocycles. The van der Waals surface area contributed by atoms with Crippen molar-refractivity contribution in [3.8, 4) is 0 Å². The average Bonchev–Trinajstić information content (AvgIpc) is 3.68. The van der Waals surface area contributed by atoms with Gasteiger partial charge in [-0.25, -0.2) is 4.79 Å². The molecule has 3 heterocycles. The van der Waals surface area contributed by atoms with Crippen molar-refractivity contribution in [2.75, 3.05) is 19.8 Å². The van der Waals surface area contributed by atoms with Gasteiger partial charge in [-0.3, -0.25) is 14.4 Å². The van der Waals surface area contributed by atoms with E-state index in [-0.39, 0.29) is 41.7 Å². The van der Waals surface area contributed by atoms with Gasteiger partial charge in [-0.2, -0.15) is 0 Å². The second-order valence-corrected chi connectivity index (χ2v) is 17.8. The molecule has 0 radical (unpaired) electrons. The maximum Gasteiger partial charge on any atom is 0.331 e. The predicted octanol–water partition coefficient (Wildman–Crippen LogP) is 0.575. The summed E-state index contributed by atoms with van der Waals surface area (Å²) in [6.45, 7) is 7.16. The number of carbonyl (C=O) groups excluding carboxylic acids is 4. The van der Waals surface area contributed by atoms with Crippen LogP contribution in [0, 0.1) is 34.5 Å². The van der Waals surface area contributed by atoms with Crippen LogP contribution < -0.4 is 0 Å². The van der Waals surface area contributed by atoms with Gasteiger partial charge in [0.25, 0.3) is 0 Å². The molecule has 0 unspecified atom stereocenters. The Kier molecular flexibility index (Phi) is 11.9. The third kappa shape index (κ3) is 7.65. The summed E-state index contributed by atoms with van der Waals surface area (Å²) in [5, 5.41) is 55.7. The van der Waals surface area contributed by atoms with Crippen LogP contribution in [0.1, 0.15) is 86.0 Å². The highest BCUT2D eigenvalue weighted by atomic mass is 16.8. The molecule has 57 heavy (non-hydrogen) atoms. The van der Waals surface area contributed by atoms with Gasteiger partial charge < -0.3 is 63.4 Å². The van der Waals surface area contributed by atoms with Gasteiger partial charge >= 0.3 is 23.9 Å². The van der Waals surface area contributed by atoms with Crippen LogP contribution in [0.25, 0.3) is 0 Å². The molecule has 18 atom stereocenters. The summed E-state index contributed by atoms with van der Waals surface area (Å²) in [4.78, 5) is 49.1. The number of aliphatic hydroxyl groups is 5. The number of aliphatic hydroxyl groups excluding tert-OH is 4. The van der Waals surface area contributed by atoms with E-state index in [1.54, 1.807) is 6.08 Å². The van der Waals surface area contributed by atoms with Crippen molar-refractivity contribution in [3.05, 3.63) is 11.6 Å². The number of hydrogen-bond donors (Lipinski definition) is 5. The Hall–Kier alpha value is -2.74. The third-order valence-corrected chi connectivity index (χ3v) is 14.6. The fourth-order valence-electron chi connectivity index (χ4n) is 12.0. The molecule has 0 aromatic carbocycles. The van der Waals surface area contributed by atoms with E-state index in [9.17, 15) is 44.7 Å². The molecule has 0 aromatic heterocycles. The molecule has 17 nitrogen and oxygen atoms in total. The smallest absolute Gasteiger partial charge is 0.331 e. The van der Waals surface area contributed by atoms with Crippen molar-refractivity contribution in [3.63, 3.8) is 0 Å². The quantitative estimate of drug-likeness (QED) is 0.121. The van der Waals surface area contributed by atoms with Gasteiger partial charge in [0, 0.05) is 32.3 Å². The summed E-state index contributed by atoms with van der Waals surface area (Å²) in [6, 6.07) is 0. The van der Waals surface area contributed by atoms with E-state index < -0.39 is 110 Å². The first kappa shape index (κ1) is 42.4. The van der Waals surface area contributed by atoms with Crippen molar-refractivity contribution < 1.29 is 82.6 Å². The molecule has 0 spiro atoms. The molecule has 7 rings (SSSR count). The Morgan fingerprint density at radius 2 is 1.56 bits per heavy atom. The van der Waals surface area contributed by atoms with Crippen LogP contribution in [0.5, 0.6) is 0 Å². The van der Waals surface area contributed by atoms with E-state index in [1.165, 1.54) is 6.92 Å². The normalized spacial score (nSPS) is 48.1. The Balaban J connectivity index is 1.11. The Labute approximate surface area is 331 Å². The molecule has 320 valence electrons. The minimum atomic E-state index is -1.73. The SMILES string of the molecule is CC(=O)OC[C@H]1O[C@@H](O[C@H]2CC[C@@]3(C)[C@H](CC[C@@H]4[C@@H]3[C@H](O)C[C@]3(C)[C@@H](C5=CC(=O)OC5)CC[C@]43O)C2)[C@H](OC(C)=O)[C@H](OC(C)=O)[C@@H]1O[C@@H]1OC[C@@H](O)[C@H](O)[C@H]1O. The first-order chi connectivity index (χ1) is 26.9. The van der Waals surface area contributed by atoms with Crippen LogP contribution in [0.3, 0.4) is 0 Å². The lowest BCUT2D eigenvalue weighted by Crippen LogP contribution is -2.67. The maximum atomic E-state index is 12.6. The zero-order valence-corrected chi connectivity index (χ0v) is 33.2. The van der Waals surface area contributed by atoms with E-state index in [0.29, 0.717) is 44.9 Å². The largest absolute Gasteiger partial charge is 0.463 e. The molecule has 0 aromatic rings. The van der Waals surface area contributed by atoms with Gasteiger partial charge in [0.2, 0.25) is 0 Å². The summed E-state index contributed by atoms with van der Waals surface area (Å²) in [5.74, 6) is -2.85. The molecule has 4 saturated carbocycles. The van der Waals surface area contributed by atoms with E-state index >= 15 is 0 Å². The number of rotatable bonds is 9. The lowest BCUT2D eigenvalue weighted by Gasteiger charge is -2.65. The number of hydrogen-bond acceptors (Lipinski definition) is 17. The number of carbonyl (C=O) groups is 4. The summed E-state index contributed by atoms with van der Waals surface area (Å²) in [7, 11) is 0. The monoisotopic (exact) mass is 810 g/mol. The van der Waals surface area contributed by atoms with Gasteiger partial charge in [0.05, 0.1) is 24.4 Å². The summed E-state index contributed by atoms with van der Waals surface area (Å²) in [6.07, 6.45) is -7.77. The van der Waals surface area contributed by atoms with Crippen molar-refractivity contribution in [1.82, 2.24) is 0 Å². The molecule has 4 aliphatic carbocycles. The lowest BCUT2D eigenvalue weighted by atomic mass is 9.42. The van der Waals surface area contributed by atoms with Crippen LogP contribution in [-0.4, -0.2) is 142 Å². The van der Waals surface area contributed by atoms with Gasteiger partial charge in [-0.05, 0) is 86.0 Å². The zero-order chi connectivity index (χ0) is 41.2. The Bertz CT molecular complexity index is 1590. The minimum Gasteiger partial charge on any atom is -0.463 e. The summed E-state index contributed by atoms with van der Waals surface area (Å²) >= 11 is 0. The lowest BCUT2D eigenvalue weighted by molar-refractivity contribution is -0.356. The average molecular weight is 811 g/mol. The zero-order valence-electron chi connectivity index (χ0n) is 33.2. The number of ether oxygens (including phenoxy) is 8. The molecule has 0 bridgehead atoms. The molecule has 5 N–H and O–H groups in total. The van der Waals surface area contributed by atoms with Crippen molar-refractivity contribution in [2.24, 2.45) is 34.5 Å². The number of esters is 4. The van der Waals surface area contributed by atoms with Gasteiger partial charge in [0.1, 0.15) is 43.7 Å². The molecule has 6 fully saturated rings. The Morgan fingerprint density at radius 3 is 2.23 bits per heavy atom. The van der Waals surface area contributed by atoms with Crippen molar-refractivity contribution >= 4 is 23.9 Å². The third-order valence-electron chi connectivity index (χ3n) is 14.6. The highest BCUT2D eigenvalue weighted by Gasteiger charge is 2.70. The van der Waals surface area contributed by atoms with Crippen LogP contribution in [-0.2, 0) is 57.1 Å². The van der Waals surface area contributed by atoms with Crippen LogP contribution in [0.4, 0.5) is 0 Å². The second kappa shape index (κ2) is 16.0. The van der Waals surface area contributed by atoms with E-state index in [0.717, 1.165) is 25.8 Å². The topological polar surface area (TPSA) is 243 Å². The molecular weight excluding hydrogens is 752 g/mol. The van der Waals surface area contributed by atoms with Crippen molar-refractivity contribution in [2.45, 2.75) is 159 Å². The summed E-state index contributed by atoms with van der Waals surface area (Å²) < 4.78 is 46.4. The second-order valence-electron chi connectivity index (χ2n) is 17.8. The van der Waals surface area contributed by atoms with Crippen LogP contribution >= 0.6 is 0 Å². The van der Waals surface area contributed by atoms with Gasteiger partial charge in [-0.1, -0.05) is 13.8 Å². The molecule has 7 aliphatic rings. The first-order valence-corrected chi connectivity index (χ1v) is 20.2. The van der Waals surface area contributed by atoms with Crippen LogP contribution in [0.15, 0.2) is 11.6 Å². The Morgan fingerprint density at radius 1 is 0.842 bits per heavy atom. The van der Waals surface area contributed by atoms with Gasteiger partial charge in [-0.15, -0.1) is 0 Å². The van der Waals surface area contributed by atoms with Crippen LogP contribution in [0.2, 0.25) is 0 Å². The summed E-state index contributed by atoms with van der Waals surface area (Å²) in [5.41, 5.74) is -1.10. The van der Waals surface area contributed by atoms with Gasteiger partial charge in [0.15, 0.2) is 24.8 Å². The highest BCUT2D eigenvalue weighted by Crippen LogP contribution is 2.70. The fraction of sp³-hybridized carbons (Fsp3) is 0.850. The predicted molar refractivity (Wildman–Crippen MR) is 191 cm³/mol. The standard InChI is InChI=1S/C40H58O17/c1-18(41)50-17-28-33(57-36-32(48)31(47)27(45)16-52-36)34(53-19(2)42)35(54-20(3)43)37(56-28)55-23-8-10-38(4)22(13-23)6-7-25-30(38)26(44)14-39(5)24(9-11-40(25,39)49)21-12-29(46)51-15-21/h12,22-28,30-37,44-45,47-49H,6-11,13-17H2,1-5H3/t22-,23+,24-,25-,26-,27-,28-,30-,31+,32-,33-,34-,35-,36+,37-,38+,39-,40+/m1/s1. The molecule has 0 amide bonds. The highest BCUT2D eigenvalue weighted by molar-refractivity contribution is 5.85. The van der Waals surface area contributed by atoms with E-state index in [4.69, 9.17) is 37.9 Å². The maximum absolute atomic E-state index is 12.6. The number of fused-ring (bicyclic) bond motifs is 5. The van der Waals surface area contributed by atoms with Crippen molar-refractivity contribution in [1.29, 1.82) is 0 Å². The first-order valence-electron chi connectivity index (χ1n) is 20.2. The fourth-order valence-corrected chi connectivity index (χ4v) is 12.0. The van der Waals surface area contributed by atoms with E-state index in [1.807, 2.05) is 0 Å². The molecule has 17 heteroatoms. The number of cyclic esters (lactones) is 1. The molecular formula is C40H58O17.